The van der Waals surface area contributed by atoms with Crippen molar-refractivity contribution >= 4 is 5.97 Å². The van der Waals surface area contributed by atoms with Gasteiger partial charge in [-0.3, -0.25) is 9.69 Å². The van der Waals surface area contributed by atoms with Crippen LogP contribution < -0.4 is 0 Å². The SMILES string of the molecule is O=C(O)[C@H]1CCCN(Cc2cccc(O)c2)C1. The summed E-state index contributed by atoms with van der Waals surface area (Å²) in [5, 5.41) is 18.4. The lowest BCUT2D eigenvalue weighted by Crippen LogP contribution is -2.38. The number of likely N-dealkylation sites (tertiary alicyclic amines) is 1. The number of piperidine rings is 1. The average molecular weight is 235 g/mol. The highest BCUT2D eigenvalue weighted by Gasteiger charge is 2.25. The molecule has 92 valence electrons. The number of hydrogen-bond donors (Lipinski definition) is 2. The van der Waals surface area contributed by atoms with Crippen molar-refractivity contribution in [3.8, 4) is 5.75 Å². The molecular weight excluding hydrogens is 218 g/mol. The number of rotatable bonds is 3. The molecule has 0 saturated carbocycles. The molecule has 1 fully saturated rings. The third-order valence-electron chi connectivity index (χ3n) is 3.17. The van der Waals surface area contributed by atoms with E-state index in [-0.39, 0.29) is 11.7 Å². The summed E-state index contributed by atoms with van der Waals surface area (Å²) in [6.45, 7) is 2.24. The zero-order valence-electron chi connectivity index (χ0n) is 9.67. The van der Waals surface area contributed by atoms with Gasteiger partial charge in [-0.1, -0.05) is 12.1 Å². The Morgan fingerprint density at radius 1 is 1.47 bits per heavy atom. The van der Waals surface area contributed by atoms with Crippen LogP contribution in [0.1, 0.15) is 18.4 Å². The lowest BCUT2D eigenvalue weighted by molar-refractivity contribution is -0.143. The number of hydrogen-bond acceptors (Lipinski definition) is 3. The van der Waals surface area contributed by atoms with Crippen LogP contribution in [0.3, 0.4) is 0 Å². The van der Waals surface area contributed by atoms with Crippen molar-refractivity contribution in [2.75, 3.05) is 13.1 Å². The molecule has 1 aliphatic heterocycles. The highest BCUT2D eigenvalue weighted by molar-refractivity contribution is 5.70. The molecule has 1 saturated heterocycles. The zero-order valence-corrected chi connectivity index (χ0v) is 9.67. The first-order valence-corrected chi connectivity index (χ1v) is 5.88. The van der Waals surface area contributed by atoms with Gasteiger partial charge in [0.25, 0.3) is 0 Å². The normalized spacial score (nSPS) is 21.3. The second-order valence-electron chi connectivity index (χ2n) is 4.58. The summed E-state index contributed by atoms with van der Waals surface area (Å²) in [7, 11) is 0. The van der Waals surface area contributed by atoms with E-state index in [1.54, 1.807) is 12.1 Å². The van der Waals surface area contributed by atoms with Crippen molar-refractivity contribution in [3.05, 3.63) is 29.8 Å². The molecule has 4 nitrogen and oxygen atoms in total. The maximum absolute atomic E-state index is 10.9. The first kappa shape index (κ1) is 11.9. The molecule has 0 spiro atoms. The van der Waals surface area contributed by atoms with E-state index >= 15 is 0 Å². The van der Waals surface area contributed by atoms with E-state index in [0.29, 0.717) is 13.1 Å². The maximum Gasteiger partial charge on any atom is 0.307 e. The number of carboxylic acids is 1. The van der Waals surface area contributed by atoms with E-state index in [2.05, 4.69) is 4.90 Å². The van der Waals surface area contributed by atoms with Crippen LogP contribution in [-0.2, 0) is 11.3 Å². The van der Waals surface area contributed by atoms with Crippen LogP contribution >= 0.6 is 0 Å². The second-order valence-corrected chi connectivity index (χ2v) is 4.58. The fourth-order valence-electron chi connectivity index (χ4n) is 2.31. The van der Waals surface area contributed by atoms with Crippen LogP contribution in [0.5, 0.6) is 5.75 Å². The smallest absolute Gasteiger partial charge is 0.307 e. The fraction of sp³-hybridized carbons (Fsp3) is 0.462. The van der Waals surface area contributed by atoms with Crippen LogP contribution in [0.2, 0.25) is 0 Å². The second kappa shape index (κ2) is 5.19. The van der Waals surface area contributed by atoms with Crippen molar-refractivity contribution in [2.24, 2.45) is 5.92 Å². The standard InChI is InChI=1S/C13H17NO3/c15-12-5-1-3-10(7-12)8-14-6-2-4-11(9-14)13(16)17/h1,3,5,7,11,15H,2,4,6,8-9H2,(H,16,17)/t11-/m0/s1. The van der Waals surface area contributed by atoms with E-state index in [4.69, 9.17) is 5.11 Å². The van der Waals surface area contributed by atoms with E-state index in [9.17, 15) is 9.90 Å². The summed E-state index contributed by atoms with van der Waals surface area (Å²) in [6.07, 6.45) is 1.70. The number of phenols is 1. The number of benzene rings is 1. The largest absolute Gasteiger partial charge is 0.508 e. The zero-order chi connectivity index (χ0) is 12.3. The Kier molecular flexibility index (Phi) is 3.64. The fourth-order valence-corrected chi connectivity index (χ4v) is 2.31. The first-order chi connectivity index (χ1) is 8.15. The molecule has 1 aromatic carbocycles. The third-order valence-corrected chi connectivity index (χ3v) is 3.17. The van der Waals surface area contributed by atoms with Gasteiger partial charge in [0.15, 0.2) is 0 Å². The number of phenolic OH excluding ortho intramolecular Hbond substituents is 1. The van der Waals surface area contributed by atoms with E-state index in [0.717, 1.165) is 24.9 Å². The van der Waals surface area contributed by atoms with Gasteiger partial charge in [-0.25, -0.2) is 0 Å². The molecule has 1 atom stereocenters. The molecule has 0 unspecified atom stereocenters. The van der Waals surface area contributed by atoms with Gasteiger partial charge >= 0.3 is 5.97 Å². The first-order valence-electron chi connectivity index (χ1n) is 5.88. The average Bonchev–Trinajstić information content (AvgIpc) is 2.29. The van der Waals surface area contributed by atoms with Crippen molar-refractivity contribution in [1.29, 1.82) is 0 Å². The molecule has 0 amide bonds. The Labute approximate surface area is 100 Å². The Balaban J connectivity index is 1.97. The summed E-state index contributed by atoms with van der Waals surface area (Å²) in [5.41, 5.74) is 1.02. The molecule has 0 bridgehead atoms. The Morgan fingerprint density at radius 2 is 2.29 bits per heavy atom. The van der Waals surface area contributed by atoms with Gasteiger partial charge in [-0.2, -0.15) is 0 Å². The Bertz CT molecular complexity index is 405. The number of carbonyl (C=O) groups is 1. The topological polar surface area (TPSA) is 60.8 Å². The van der Waals surface area contributed by atoms with Gasteiger partial charge in [0.05, 0.1) is 5.92 Å². The molecule has 0 radical (unpaired) electrons. The third kappa shape index (κ3) is 3.20. The van der Waals surface area contributed by atoms with Crippen molar-refractivity contribution < 1.29 is 15.0 Å². The van der Waals surface area contributed by atoms with Crippen LogP contribution in [0.25, 0.3) is 0 Å². The molecule has 0 aromatic heterocycles. The molecule has 2 rings (SSSR count). The minimum Gasteiger partial charge on any atom is -0.508 e. The Morgan fingerprint density at radius 3 is 3.00 bits per heavy atom. The molecule has 1 aliphatic rings. The number of nitrogens with zero attached hydrogens (tertiary/aromatic N) is 1. The van der Waals surface area contributed by atoms with Crippen LogP contribution in [0.4, 0.5) is 0 Å². The van der Waals surface area contributed by atoms with Gasteiger partial charge in [0.1, 0.15) is 5.75 Å². The monoisotopic (exact) mass is 235 g/mol. The van der Waals surface area contributed by atoms with E-state index in [1.807, 2.05) is 12.1 Å². The Hall–Kier alpha value is -1.55. The molecule has 1 aromatic rings. The van der Waals surface area contributed by atoms with Gasteiger partial charge in [-0.05, 0) is 37.1 Å². The van der Waals surface area contributed by atoms with Crippen LogP contribution in [0, 0.1) is 5.92 Å². The number of aromatic hydroxyl groups is 1. The summed E-state index contributed by atoms with van der Waals surface area (Å²) < 4.78 is 0. The maximum atomic E-state index is 10.9. The summed E-state index contributed by atoms with van der Waals surface area (Å²) in [4.78, 5) is 13.1. The summed E-state index contributed by atoms with van der Waals surface area (Å²) >= 11 is 0. The van der Waals surface area contributed by atoms with Gasteiger partial charge in [0, 0.05) is 13.1 Å². The predicted octanol–water partition coefficient (Wildman–Crippen LogP) is 1.69. The summed E-state index contributed by atoms with van der Waals surface area (Å²) in [5.74, 6) is -0.694. The quantitative estimate of drug-likeness (QED) is 0.837. The molecule has 2 N–H and O–H groups in total. The number of aliphatic carboxylic acids is 1. The number of carboxylic acid groups (broad SMARTS) is 1. The van der Waals surface area contributed by atoms with Gasteiger partial charge in [0.2, 0.25) is 0 Å². The van der Waals surface area contributed by atoms with E-state index < -0.39 is 5.97 Å². The van der Waals surface area contributed by atoms with Gasteiger partial charge in [-0.15, -0.1) is 0 Å². The molecule has 17 heavy (non-hydrogen) atoms. The van der Waals surface area contributed by atoms with Crippen LogP contribution in [0.15, 0.2) is 24.3 Å². The molecular formula is C13H17NO3. The molecule has 4 heteroatoms. The van der Waals surface area contributed by atoms with Crippen molar-refractivity contribution in [1.82, 2.24) is 4.90 Å². The van der Waals surface area contributed by atoms with Crippen LogP contribution in [-0.4, -0.2) is 34.2 Å². The predicted molar refractivity (Wildman–Crippen MR) is 63.7 cm³/mol. The van der Waals surface area contributed by atoms with Gasteiger partial charge < -0.3 is 10.2 Å². The van der Waals surface area contributed by atoms with Crippen molar-refractivity contribution in [2.45, 2.75) is 19.4 Å². The van der Waals surface area contributed by atoms with Crippen molar-refractivity contribution in [3.63, 3.8) is 0 Å². The van der Waals surface area contributed by atoms with E-state index in [1.165, 1.54) is 0 Å². The highest BCUT2D eigenvalue weighted by Crippen LogP contribution is 2.20. The lowest BCUT2D eigenvalue weighted by atomic mass is 9.98. The summed E-state index contributed by atoms with van der Waals surface area (Å²) in [6, 6.07) is 7.12. The molecule has 0 aliphatic carbocycles. The highest BCUT2D eigenvalue weighted by atomic mass is 16.4. The lowest BCUT2D eigenvalue weighted by Gasteiger charge is -2.30. The molecule has 1 heterocycles. The minimum atomic E-state index is -0.703. The minimum absolute atomic E-state index is 0.249.